The zero-order valence-corrected chi connectivity index (χ0v) is 12.2. The largest absolute Gasteiger partial charge is 0.297 e. The van der Waals surface area contributed by atoms with Crippen LogP contribution in [0.5, 0.6) is 0 Å². The van der Waals surface area contributed by atoms with E-state index in [4.69, 9.17) is 0 Å². The van der Waals surface area contributed by atoms with Crippen LogP contribution in [0.25, 0.3) is 5.69 Å². The van der Waals surface area contributed by atoms with Crippen molar-refractivity contribution >= 4 is 6.21 Å². The summed E-state index contributed by atoms with van der Waals surface area (Å²) in [4.78, 5) is 12.5. The van der Waals surface area contributed by atoms with Crippen molar-refractivity contribution in [3.8, 4) is 5.69 Å². The molecule has 0 aliphatic carbocycles. The summed E-state index contributed by atoms with van der Waals surface area (Å²) in [7, 11) is 0. The van der Waals surface area contributed by atoms with Crippen molar-refractivity contribution < 1.29 is 0 Å². The van der Waals surface area contributed by atoms with Crippen LogP contribution >= 0.6 is 0 Å². The van der Waals surface area contributed by atoms with Gasteiger partial charge in [0.15, 0.2) is 0 Å². The van der Waals surface area contributed by atoms with Gasteiger partial charge in [0.25, 0.3) is 5.56 Å². The predicted octanol–water partition coefficient (Wildman–Crippen LogP) is 2.29. The molecule has 1 fully saturated rings. The summed E-state index contributed by atoms with van der Waals surface area (Å²) in [6.45, 7) is 3.86. The molecule has 2 aromatic rings. The summed E-state index contributed by atoms with van der Waals surface area (Å²) in [6, 6.07) is 9.58. The van der Waals surface area contributed by atoms with Gasteiger partial charge in [-0.15, -0.1) is 0 Å². The highest BCUT2D eigenvalue weighted by Crippen LogP contribution is 2.09. The SMILES string of the molecule is Cc1[nH]n(-c2ccccc2)c(=O)c1/C=N/N1CCCCC1. The molecule has 0 bridgehead atoms. The van der Waals surface area contributed by atoms with E-state index in [2.05, 4.69) is 10.2 Å². The molecule has 0 atom stereocenters. The number of hydrogen-bond donors (Lipinski definition) is 1. The third-order valence-corrected chi connectivity index (χ3v) is 3.81. The van der Waals surface area contributed by atoms with Gasteiger partial charge in [-0.2, -0.15) is 5.10 Å². The van der Waals surface area contributed by atoms with Gasteiger partial charge in [-0.05, 0) is 38.3 Å². The number of rotatable bonds is 3. The van der Waals surface area contributed by atoms with E-state index in [1.165, 1.54) is 19.3 Å². The van der Waals surface area contributed by atoms with Gasteiger partial charge in [0.05, 0.1) is 17.5 Å². The number of aromatic amines is 1. The van der Waals surface area contributed by atoms with Crippen LogP contribution in [0.3, 0.4) is 0 Å². The minimum atomic E-state index is -0.0561. The molecule has 1 aliphatic rings. The number of aromatic nitrogens is 2. The van der Waals surface area contributed by atoms with E-state index in [1.807, 2.05) is 42.3 Å². The zero-order valence-electron chi connectivity index (χ0n) is 12.2. The van der Waals surface area contributed by atoms with Crippen LogP contribution < -0.4 is 5.56 Å². The Morgan fingerprint density at radius 1 is 1.14 bits per heavy atom. The van der Waals surface area contributed by atoms with E-state index in [0.717, 1.165) is 24.5 Å². The molecule has 1 N–H and O–H groups in total. The van der Waals surface area contributed by atoms with Gasteiger partial charge in [-0.1, -0.05) is 18.2 Å². The number of hydrazone groups is 1. The van der Waals surface area contributed by atoms with Crippen molar-refractivity contribution in [2.45, 2.75) is 26.2 Å². The molecule has 0 saturated carbocycles. The van der Waals surface area contributed by atoms with Crippen LogP contribution in [0, 0.1) is 6.92 Å². The highest BCUT2D eigenvalue weighted by atomic mass is 16.1. The molecular weight excluding hydrogens is 264 g/mol. The number of hydrogen-bond acceptors (Lipinski definition) is 3. The summed E-state index contributed by atoms with van der Waals surface area (Å²) in [5.74, 6) is 0. The quantitative estimate of drug-likeness (QED) is 0.879. The number of piperidine rings is 1. The Hall–Kier alpha value is -2.30. The number of benzene rings is 1. The monoisotopic (exact) mass is 284 g/mol. The molecule has 1 aromatic heterocycles. The fourth-order valence-corrected chi connectivity index (χ4v) is 2.60. The van der Waals surface area contributed by atoms with Gasteiger partial charge in [-0.3, -0.25) is 14.9 Å². The third kappa shape index (κ3) is 2.91. The number of nitrogens with zero attached hydrogens (tertiary/aromatic N) is 3. The Morgan fingerprint density at radius 3 is 2.57 bits per heavy atom. The molecule has 5 nitrogen and oxygen atoms in total. The van der Waals surface area contributed by atoms with Crippen LogP contribution in [0.4, 0.5) is 0 Å². The summed E-state index contributed by atoms with van der Waals surface area (Å²) >= 11 is 0. The second-order valence-electron chi connectivity index (χ2n) is 5.39. The van der Waals surface area contributed by atoms with Gasteiger partial charge in [-0.25, -0.2) is 4.68 Å². The molecular formula is C16H20N4O. The van der Waals surface area contributed by atoms with E-state index in [1.54, 1.807) is 10.9 Å². The Bertz CT molecular complexity index is 678. The first kappa shape index (κ1) is 13.7. The Kier molecular flexibility index (Phi) is 3.90. The summed E-state index contributed by atoms with van der Waals surface area (Å²) in [6.07, 6.45) is 5.32. The van der Waals surface area contributed by atoms with Gasteiger partial charge >= 0.3 is 0 Å². The lowest BCUT2D eigenvalue weighted by atomic mass is 10.2. The standard InChI is InChI=1S/C16H20N4O/c1-13-15(12-17-19-10-6-3-7-11-19)16(21)20(18-13)14-8-4-2-5-9-14/h2,4-5,8-9,12,18H,3,6-7,10-11H2,1H3/b17-12+. The smallest absolute Gasteiger partial charge is 0.280 e. The molecule has 110 valence electrons. The Labute approximate surface area is 123 Å². The lowest BCUT2D eigenvalue weighted by Gasteiger charge is -2.23. The molecule has 0 radical (unpaired) electrons. The highest BCUT2D eigenvalue weighted by molar-refractivity contribution is 5.80. The number of aryl methyl sites for hydroxylation is 1. The molecule has 0 spiro atoms. The van der Waals surface area contributed by atoms with Gasteiger partial charge in [0.1, 0.15) is 0 Å². The first-order valence-electron chi connectivity index (χ1n) is 7.41. The molecule has 21 heavy (non-hydrogen) atoms. The summed E-state index contributed by atoms with van der Waals surface area (Å²) in [5, 5.41) is 9.61. The van der Waals surface area contributed by atoms with Crippen molar-refractivity contribution in [3.05, 3.63) is 51.9 Å². The molecule has 1 saturated heterocycles. The molecule has 0 amide bonds. The molecule has 1 aromatic carbocycles. The normalized spacial score (nSPS) is 15.8. The number of para-hydroxylation sites is 1. The van der Waals surface area contributed by atoms with Gasteiger partial charge < -0.3 is 0 Å². The first-order valence-corrected chi connectivity index (χ1v) is 7.41. The van der Waals surface area contributed by atoms with Crippen LogP contribution in [0.1, 0.15) is 30.5 Å². The molecule has 3 rings (SSSR count). The lowest BCUT2D eigenvalue weighted by Crippen LogP contribution is -2.25. The van der Waals surface area contributed by atoms with Crippen molar-refractivity contribution in [1.82, 2.24) is 14.8 Å². The minimum absolute atomic E-state index is 0.0561. The minimum Gasteiger partial charge on any atom is -0.297 e. The van der Waals surface area contributed by atoms with Gasteiger partial charge in [0.2, 0.25) is 0 Å². The topological polar surface area (TPSA) is 53.4 Å². The number of H-pyrrole nitrogens is 1. The van der Waals surface area contributed by atoms with Crippen molar-refractivity contribution in [2.75, 3.05) is 13.1 Å². The van der Waals surface area contributed by atoms with Crippen LogP contribution in [-0.2, 0) is 0 Å². The molecule has 0 unspecified atom stereocenters. The van der Waals surface area contributed by atoms with E-state index in [9.17, 15) is 4.79 Å². The van der Waals surface area contributed by atoms with Crippen molar-refractivity contribution in [2.24, 2.45) is 5.10 Å². The average Bonchev–Trinajstić information content (AvgIpc) is 2.82. The molecule has 1 aliphatic heterocycles. The van der Waals surface area contributed by atoms with Gasteiger partial charge in [0, 0.05) is 18.8 Å². The van der Waals surface area contributed by atoms with Crippen LogP contribution in [0.15, 0.2) is 40.2 Å². The van der Waals surface area contributed by atoms with Crippen molar-refractivity contribution in [3.63, 3.8) is 0 Å². The maximum absolute atomic E-state index is 12.5. The maximum Gasteiger partial charge on any atom is 0.280 e. The highest BCUT2D eigenvalue weighted by Gasteiger charge is 2.12. The Balaban J connectivity index is 1.88. The summed E-state index contributed by atoms with van der Waals surface area (Å²) < 4.78 is 1.56. The third-order valence-electron chi connectivity index (χ3n) is 3.81. The second kappa shape index (κ2) is 5.99. The van der Waals surface area contributed by atoms with E-state index in [-0.39, 0.29) is 5.56 Å². The predicted molar refractivity (Wildman–Crippen MR) is 84.1 cm³/mol. The fraction of sp³-hybridized carbons (Fsp3) is 0.375. The Morgan fingerprint density at radius 2 is 1.86 bits per heavy atom. The summed E-state index contributed by atoms with van der Waals surface area (Å²) in [5.41, 5.74) is 2.25. The fourth-order valence-electron chi connectivity index (χ4n) is 2.60. The lowest BCUT2D eigenvalue weighted by molar-refractivity contribution is 0.240. The second-order valence-corrected chi connectivity index (χ2v) is 5.39. The molecule has 2 heterocycles. The average molecular weight is 284 g/mol. The van der Waals surface area contributed by atoms with E-state index in [0.29, 0.717) is 5.56 Å². The molecule has 5 heteroatoms. The van der Waals surface area contributed by atoms with Crippen LogP contribution in [0.2, 0.25) is 0 Å². The van der Waals surface area contributed by atoms with Crippen molar-refractivity contribution in [1.29, 1.82) is 0 Å². The van der Waals surface area contributed by atoms with Crippen LogP contribution in [-0.4, -0.2) is 34.1 Å². The van der Waals surface area contributed by atoms with E-state index >= 15 is 0 Å². The first-order chi connectivity index (χ1) is 10.3. The number of nitrogens with one attached hydrogen (secondary N) is 1. The van der Waals surface area contributed by atoms with E-state index < -0.39 is 0 Å². The maximum atomic E-state index is 12.5. The zero-order chi connectivity index (χ0) is 14.7.